The molecule has 0 spiro atoms. The second-order valence-corrected chi connectivity index (χ2v) is 9.08. The fourth-order valence-corrected chi connectivity index (χ4v) is 5.08. The van der Waals surface area contributed by atoms with Crippen molar-refractivity contribution < 1.29 is 4.79 Å². The highest BCUT2D eigenvalue weighted by Gasteiger charge is 2.36. The Morgan fingerprint density at radius 1 is 1.21 bits per heavy atom. The topological polar surface area (TPSA) is 71.8 Å². The van der Waals surface area contributed by atoms with Crippen LogP contribution in [-0.4, -0.2) is 40.5 Å². The zero-order valence-corrected chi connectivity index (χ0v) is 17.7. The molecule has 2 fully saturated rings. The van der Waals surface area contributed by atoms with Crippen LogP contribution in [0.4, 0.5) is 0 Å². The third-order valence-corrected chi connectivity index (χ3v) is 6.60. The summed E-state index contributed by atoms with van der Waals surface area (Å²) in [5.41, 5.74) is 4.40. The third kappa shape index (κ3) is 4.69. The molecular weight excluding hydrogens is 362 g/mol. The summed E-state index contributed by atoms with van der Waals surface area (Å²) in [6.07, 6.45) is 8.88. The minimum atomic E-state index is -0.117. The molecule has 1 aromatic heterocycles. The van der Waals surface area contributed by atoms with Crippen LogP contribution in [0, 0.1) is 19.8 Å². The molecule has 29 heavy (non-hydrogen) atoms. The molecule has 1 aliphatic carbocycles. The van der Waals surface area contributed by atoms with Crippen molar-refractivity contribution in [3.8, 4) is 0 Å². The first-order chi connectivity index (χ1) is 14.0. The van der Waals surface area contributed by atoms with Crippen LogP contribution in [0.5, 0.6) is 0 Å². The van der Waals surface area contributed by atoms with Gasteiger partial charge in [-0.1, -0.05) is 47.4 Å². The number of carbonyl (C=O) groups is 1. The van der Waals surface area contributed by atoms with Crippen LogP contribution in [0.15, 0.2) is 24.4 Å². The van der Waals surface area contributed by atoms with Crippen molar-refractivity contribution in [1.29, 1.82) is 0 Å². The Labute approximate surface area is 173 Å². The zero-order chi connectivity index (χ0) is 20.3. The van der Waals surface area contributed by atoms with Gasteiger partial charge in [0.15, 0.2) is 5.69 Å². The maximum Gasteiger partial charge on any atom is 0.273 e. The fourth-order valence-electron chi connectivity index (χ4n) is 5.08. The van der Waals surface area contributed by atoms with Gasteiger partial charge in [-0.15, -0.1) is 5.10 Å². The average molecular weight is 396 g/mol. The number of piperidine rings is 1. The SMILES string of the molecule is Cc1cc(C)cc(C2(CNC(=O)c3cn(CC4CCCNC4)nn3)CCCC2)c1. The minimum absolute atomic E-state index is 0.0379. The predicted molar refractivity (Wildman–Crippen MR) is 114 cm³/mol. The highest BCUT2D eigenvalue weighted by atomic mass is 16.2. The van der Waals surface area contributed by atoms with Crippen LogP contribution in [0.25, 0.3) is 0 Å². The van der Waals surface area contributed by atoms with Gasteiger partial charge in [0.05, 0.1) is 6.20 Å². The summed E-state index contributed by atoms with van der Waals surface area (Å²) in [7, 11) is 0. The fraction of sp³-hybridized carbons (Fsp3) is 0.609. The molecule has 6 nitrogen and oxygen atoms in total. The number of amides is 1. The number of hydrogen-bond donors (Lipinski definition) is 2. The first-order valence-electron chi connectivity index (χ1n) is 11.0. The van der Waals surface area contributed by atoms with E-state index in [9.17, 15) is 4.79 Å². The Morgan fingerprint density at radius 3 is 2.66 bits per heavy atom. The van der Waals surface area contributed by atoms with Crippen molar-refractivity contribution in [3.63, 3.8) is 0 Å². The van der Waals surface area contributed by atoms with Gasteiger partial charge in [0.2, 0.25) is 0 Å². The van der Waals surface area contributed by atoms with E-state index >= 15 is 0 Å². The molecule has 6 heteroatoms. The molecule has 1 saturated carbocycles. The number of benzene rings is 1. The molecule has 0 radical (unpaired) electrons. The zero-order valence-electron chi connectivity index (χ0n) is 17.7. The molecule has 2 aliphatic rings. The standard InChI is InChI=1S/C23H33N5O/c1-17-10-18(2)12-20(11-17)23(7-3-4-8-23)16-25-22(29)21-15-28(27-26-21)14-19-6-5-9-24-13-19/h10-12,15,19,24H,3-9,13-14,16H2,1-2H3,(H,25,29). The maximum absolute atomic E-state index is 12.8. The lowest BCUT2D eigenvalue weighted by molar-refractivity contribution is 0.0938. The summed E-state index contributed by atoms with van der Waals surface area (Å²) in [6, 6.07) is 6.79. The van der Waals surface area contributed by atoms with E-state index < -0.39 is 0 Å². The lowest BCUT2D eigenvalue weighted by atomic mass is 9.77. The number of aryl methyl sites for hydroxylation is 2. The highest BCUT2D eigenvalue weighted by molar-refractivity contribution is 5.91. The Hall–Kier alpha value is -2.21. The first-order valence-corrected chi connectivity index (χ1v) is 11.0. The summed E-state index contributed by atoms with van der Waals surface area (Å²) in [4.78, 5) is 12.8. The van der Waals surface area contributed by atoms with Gasteiger partial charge < -0.3 is 10.6 Å². The van der Waals surface area contributed by atoms with Gasteiger partial charge in [-0.25, -0.2) is 0 Å². The summed E-state index contributed by atoms with van der Waals surface area (Å²) >= 11 is 0. The Balaban J connectivity index is 1.41. The summed E-state index contributed by atoms with van der Waals surface area (Å²) < 4.78 is 1.82. The molecule has 1 aliphatic heterocycles. The number of carbonyl (C=O) groups excluding carboxylic acids is 1. The molecule has 2 heterocycles. The third-order valence-electron chi connectivity index (χ3n) is 6.60. The summed E-state index contributed by atoms with van der Waals surface area (Å²) in [6.45, 7) is 7.90. The lowest BCUT2D eigenvalue weighted by Gasteiger charge is -2.30. The quantitative estimate of drug-likeness (QED) is 0.788. The minimum Gasteiger partial charge on any atom is -0.350 e. The van der Waals surface area contributed by atoms with Gasteiger partial charge in [-0.05, 0) is 64.1 Å². The van der Waals surface area contributed by atoms with E-state index in [-0.39, 0.29) is 11.3 Å². The number of aromatic nitrogens is 3. The Morgan fingerprint density at radius 2 is 1.97 bits per heavy atom. The molecule has 4 rings (SSSR count). The lowest BCUT2D eigenvalue weighted by Crippen LogP contribution is -2.39. The molecule has 1 atom stereocenters. The van der Waals surface area contributed by atoms with E-state index in [0.29, 0.717) is 18.2 Å². The van der Waals surface area contributed by atoms with Crippen molar-refractivity contribution in [1.82, 2.24) is 25.6 Å². The van der Waals surface area contributed by atoms with Crippen LogP contribution in [0.1, 0.15) is 65.7 Å². The largest absolute Gasteiger partial charge is 0.350 e. The normalized spacial score (nSPS) is 21.2. The van der Waals surface area contributed by atoms with Crippen LogP contribution >= 0.6 is 0 Å². The van der Waals surface area contributed by atoms with Crippen molar-refractivity contribution in [2.24, 2.45) is 5.92 Å². The first kappa shape index (κ1) is 20.1. The van der Waals surface area contributed by atoms with Gasteiger partial charge in [0.1, 0.15) is 0 Å². The second kappa shape index (κ2) is 8.66. The van der Waals surface area contributed by atoms with Gasteiger partial charge >= 0.3 is 0 Å². The van der Waals surface area contributed by atoms with E-state index in [4.69, 9.17) is 0 Å². The van der Waals surface area contributed by atoms with E-state index in [1.807, 2.05) is 4.68 Å². The molecular formula is C23H33N5O. The number of nitrogens with zero attached hydrogens (tertiary/aromatic N) is 3. The summed E-state index contributed by atoms with van der Waals surface area (Å²) in [5, 5.41) is 14.9. The van der Waals surface area contributed by atoms with Crippen LogP contribution in [0.2, 0.25) is 0 Å². The molecule has 1 amide bonds. The van der Waals surface area contributed by atoms with E-state index in [1.165, 1.54) is 42.4 Å². The number of nitrogens with one attached hydrogen (secondary N) is 2. The Bertz CT molecular complexity index is 826. The maximum atomic E-state index is 12.8. The van der Waals surface area contributed by atoms with Crippen LogP contribution < -0.4 is 10.6 Å². The van der Waals surface area contributed by atoms with E-state index in [0.717, 1.165) is 32.5 Å². The van der Waals surface area contributed by atoms with Gasteiger partial charge in [0, 0.05) is 18.5 Å². The van der Waals surface area contributed by atoms with Crippen molar-refractivity contribution in [3.05, 3.63) is 46.8 Å². The monoisotopic (exact) mass is 395 g/mol. The molecule has 0 bridgehead atoms. The second-order valence-electron chi connectivity index (χ2n) is 9.08. The summed E-state index contributed by atoms with van der Waals surface area (Å²) in [5.74, 6) is 0.446. The number of hydrogen-bond acceptors (Lipinski definition) is 4. The molecule has 1 saturated heterocycles. The average Bonchev–Trinajstić information content (AvgIpc) is 3.37. The van der Waals surface area contributed by atoms with Gasteiger partial charge in [0.25, 0.3) is 5.91 Å². The Kier molecular flexibility index (Phi) is 5.99. The predicted octanol–water partition coefficient (Wildman–Crippen LogP) is 3.14. The van der Waals surface area contributed by atoms with E-state index in [2.05, 4.69) is 53.0 Å². The van der Waals surface area contributed by atoms with Gasteiger partial charge in [-0.3, -0.25) is 9.48 Å². The van der Waals surface area contributed by atoms with Crippen molar-refractivity contribution in [2.75, 3.05) is 19.6 Å². The molecule has 1 aromatic carbocycles. The molecule has 2 N–H and O–H groups in total. The van der Waals surface area contributed by atoms with Crippen molar-refractivity contribution >= 4 is 5.91 Å². The molecule has 2 aromatic rings. The highest BCUT2D eigenvalue weighted by Crippen LogP contribution is 2.41. The van der Waals surface area contributed by atoms with Gasteiger partial charge in [-0.2, -0.15) is 0 Å². The smallest absolute Gasteiger partial charge is 0.273 e. The van der Waals surface area contributed by atoms with Crippen molar-refractivity contribution in [2.45, 2.75) is 64.3 Å². The number of rotatable bonds is 6. The van der Waals surface area contributed by atoms with Crippen LogP contribution in [-0.2, 0) is 12.0 Å². The van der Waals surface area contributed by atoms with Crippen LogP contribution in [0.3, 0.4) is 0 Å². The molecule has 1 unspecified atom stereocenters. The van der Waals surface area contributed by atoms with E-state index in [1.54, 1.807) is 6.20 Å². The molecule has 156 valence electrons.